The number of nitrogens with zero attached hydrogens (tertiary/aromatic N) is 6. The third-order valence-corrected chi connectivity index (χ3v) is 6.37. The van der Waals surface area contributed by atoms with E-state index in [1.807, 2.05) is 31.2 Å². The van der Waals surface area contributed by atoms with Crippen LogP contribution < -0.4 is 0 Å². The van der Waals surface area contributed by atoms with Gasteiger partial charge in [0.1, 0.15) is 0 Å². The van der Waals surface area contributed by atoms with Crippen molar-refractivity contribution in [1.82, 2.24) is 35.4 Å². The molecule has 0 bridgehead atoms. The summed E-state index contributed by atoms with van der Waals surface area (Å²) in [6.45, 7) is 2.49. The lowest BCUT2D eigenvalue weighted by atomic mass is 9.86. The van der Waals surface area contributed by atoms with Crippen molar-refractivity contribution in [3.63, 3.8) is 0 Å². The summed E-state index contributed by atoms with van der Waals surface area (Å²) in [5.41, 5.74) is 4.07. The molecule has 5 rings (SSSR count). The molecule has 0 atom stereocenters. The first-order chi connectivity index (χ1) is 17.2. The van der Waals surface area contributed by atoms with Crippen LogP contribution in [-0.2, 0) is 6.54 Å². The topological polar surface area (TPSA) is 102 Å². The minimum atomic E-state index is 0.0329. The molecule has 0 amide bonds. The Balaban J connectivity index is 1.40. The molecule has 2 aromatic carbocycles. The van der Waals surface area contributed by atoms with E-state index in [1.165, 1.54) is 6.42 Å². The van der Waals surface area contributed by atoms with Gasteiger partial charge in [-0.3, -0.25) is 4.79 Å². The van der Waals surface area contributed by atoms with Crippen LogP contribution in [0.5, 0.6) is 0 Å². The van der Waals surface area contributed by atoms with Gasteiger partial charge in [-0.1, -0.05) is 80.6 Å². The number of Topliss-reactive ketones (excluding diaryl/α,β-unsaturated/α-hetero) is 1. The first-order valence-electron chi connectivity index (χ1n) is 12.1. The molecule has 1 aliphatic rings. The van der Waals surface area contributed by atoms with Gasteiger partial charge in [0.15, 0.2) is 5.82 Å². The molecule has 0 saturated heterocycles. The number of aromatic nitrogens is 7. The van der Waals surface area contributed by atoms with Gasteiger partial charge in [0.2, 0.25) is 17.4 Å². The summed E-state index contributed by atoms with van der Waals surface area (Å²) in [4.78, 5) is 17.5. The van der Waals surface area contributed by atoms with Gasteiger partial charge in [-0.25, -0.2) is 9.78 Å². The van der Waals surface area contributed by atoms with Crippen LogP contribution in [-0.4, -0.2) is 41.2 Å². The monoisotopic (exact) mass is 465 g/mol. The lowest BCUT2D eigenvalue weighted by Crippen LogP contribution is -2.19. The Morgan fingerprint density at radius 1 is 1.06 bits per heavy atom. The molecule has 8 heteroatoms. The number of H-pyrrole nitrogens is 1. The van der Waals surface area contributed by atoms with Crippen LogP contribution in [0.15, 0.2) is 48.5 Å². The van der Waals surface area contributed by atoms with E-state index in [2.05, 4.69) is 66.8 Å². The third-order valence-electron chi connectivity index (χ3n) is 6.37. The first-order valence-corrected chi connectivity index (χ1v) is 12.1. The Labute approximate surface area is 204 Å². The van der Waals surface area contributed by atoms with Crippen molar-refractivity contribution in [3.05, 3.63) is 65.7 Å². The molecule has 1 N–H and O–H groups in total. The van der Waals surface area contributed by atoms with E-state index < -0.39 is 0 Å². The van der Waals surface area contributed by atoms with Crippen LogP contribution in [0.2, 0.25) is 0 Å². The summed E-state index contributed by atoms with van der Waals surface area (Å²) in [5, 5.41) is 18.9. The summed E-state index contributed by atoms with van der Waals surface area (Å²) in [7, 11) is 0. The number of rotatable bonds is 6. The summed E-state index contributed by atoms with van der Waals surface area (Å²) in [6, 6.07) is 16.3. The van der Waals surface area contributed by atoms with Gasteiger partial charge < -0.3 is 0 Å². The van der Waals surface area contributed by atoms with Crippen LogP contribution in [0.4, 0.5) is 0 Å². The molecular weight excluding hydrogens is 438 g/mol. The number of hydrogen-bond donors (Lipinski definition) is 1. The molecule has 0 aliphatic heterocycles. The second-order valence-electron chi connectivity index (χ2n) is 8.76. The Morgan fingerprint density at radius 2 is 1.83 bits per heavy atom. The molecule has 0 spiro atoms. The maximum Gasteiger partial charge on any atom is 0.218 e. The van der Waals surface area contributed by atoms with Gasteiger partial charge in [0.05, 0.1) is 6.54 Å². The fraction of sp³-hybridized carbons (Fsp3) is 0.333. The van der Waals surface area contributed by atoms with E-state index in [4.69, 9.17) is 0 Å². The zero-order valence-electron chi connectivity index (χ0n) is 19.7. The van der Waals surface area contributed by atoms with Crippen molar-refractivity contribution in [2.24, 2.45) is 5.92 Å². The molecule has 8 nitrogen and oxygen atoms in total. The van der Waals surface area contributed by atoms with Gasteiger partial charge >= 0.3 is 0 Å². The molecule has 1 fully saturated rings. The van der Waals surface area contributed by atoms with Crippen LogP contribution in [0, 0.1) is 17.8 Å². The van der Waals surface area contributed by atoms with Gasteiger partial charge in [-0.05, 0) is 45.9 Å². The highest BCUT2D eigenvalue weighted by molar-refractivity contribution is 5.94. The second-order valence-corrected chi connectivity index (χ2v) is 8.76. The quantitative estimate of drug-likeness (QED) is 0.327. The van der Waals surface area contributed by atoms with E-state index in [-0.39, 0.29) is 11.7 Å². The molecule has 176 valence electrons. The number of nitrogens with one attached hydrogen (secondary N) is 1. The highest BCUT2D eigenvalue weighted by atomic mass is 16.1. The third kappa shape index (κ3) is 5.04. The Hall–Kier alpha value is -4.12. The molecule has 2 heterocycles. The molecule has 4 aromatic rings. The zero-order valence-corrected chi connectivity index (χ0v) is 19.7. The van der Waals surface area contributed by atoms with E-state index in [1.54, 1.807) is 4.68 Å². The van der Waals surface area contributed by atoms with E-state index in [0.717, 1.165) is 47.9 Å². The van der Waals surface area contributed by atoms with Crippen molar-refractivity contribution in [3.8, 4) is 34.4 Å². The number of carbonyl (C=O) groups is 1. The average Bonchev–Trinajstić information content (AvgIpc) is 3.59. The molecule has 1 saturated carbocycles. The van der Waals surface area contributed by atoms with E-state index in [0.29, 0.717) is 30.4 Å². The number of hydrogen-bond acceptors (Lipinski definition) is 6. The largest absolute Gasteiger partial charge is 0.290 e. The fourth-order valence-corrected chi connectivity index (χ4v) is 4.54. The molecule has 35 heavy (non-hydrogen) atoms. The summed E-state index contributed by atoms with van der Waals surface area (Å²) in [5.74, 6) is 7.70. The maximum atomic E-state index is 13.0. The Bertz CT molecular complexity index is 1350. The number of aromatic amines is 1. The van der Waals surface area contributed by atoms with Gasteiger partial charge in [-0.2, -0.15) is 4.98 Å². The number of ketones is 1. The predicted octanol–water partition coefficient (Wildman–Crippen LogP) is 4.70. The second kappa shape index (κ2) is 10.4. The zero-order chi connectivity index (χ0) is 24.0. The summed E-state index contributed by atoms with van der Waals surface area (Å²) >= 11 is 0. The minimum Gasteiger partial charge on any atom is -0.290 e. The number of tetrazole rings is 1. The van der Waals surface area contributed by atoms with Crippen molar-refractivity contribution in [2.45, 2.75) is 52.0 Å². The SMILES string of the molecule is CCC#Cc1nc(C(=O)C2CCCCC2)nn1Cc1ccc(-c2ccccc2-c2nnn[nH]2)cc1. The molecule has 0 unspecified atom stereocenters. The molecule has 2 aromatic heterocycles. The van der Waals surface area contributed by atoms with E-state index >= 15 is 0 Å². The predicted molar refractivity (Wildman–Crippen MR) is 132 cm³/mol. The fourth-order valence-electron chi connectivity index (χ4n) is 4.54. The first kappa shape index (κ1) is 22.7. The van der Waals surface area contributed by atoms with Crippen molar-refractivity contribution in [2.75, 3.05) is 0 Å². The van der Waals surface area contributed by atoms with Gasteiger partial charge in [0, 0.05) is 17.9 Å². The smallest absolute Gasteiger partial charge is 0.218 e. The van der Waals surface area contributed by atoms with Crippen LogP contribution in [0.1, 0.15) is 67.5 Å². The summed E-state index contributed by atoms with van der Waals surface area (Å²) in [6.07, 6.45) is 5.97. The Kier molecular flexibility index (Phi) is 6.75. The highest BCUT2D eigenvalue weighted by Crippen LogP contribution is 2.30. The molecule has 0 radical (unpaired) electrons. The van der Waals surface area contributed by atoms with Gasteiger partial charge in [-0.15, -0.1) is 10.2 Å². The highest BCUT2D eigenvalue weighted by Gasteiger charge is 2.26. The van der Waals surface area contributed by atoms with Crippen molar-refractivity contribution in [1.29, 1.82) is 0 Å². The minimum absolute atomic E-state index is 0.0329. The van der Waals surface area contributed by atoms with Crippen LogP contribution in [0.25, 0.3) is 22.5 Å². The Morgan fingerprint density at radius 3 is 2.54 bits per heavy atom. The van der Waals surface area contributed by atoms with Crippen molar-refractivity contribution < 1.29 is 4.79 Å². The summed E-state index contributed by atoms with van der Waals surface area (Å²) < 4.78 is 1.75. The number of carbonyl (C=O) groups excluding carboxylic acids is 1. The maximum absolute atomic E-state index is 13.0. The average molecular weight is 466 g/mol. The van der Waals surface area contributed by atoms with E-state index in [9.17, 15) is 4.79 Å². The van der Waals surface area contributed by atoms with Crippen molar-refractivity contribution >= 4 is 5.78 Å². The molecular formula is C27H27N7O. The lowest BCUT2D eigenvalue weighted by molar-refractivity contribution is 0.0878. The standard InChI is InChI=1S/C27H27N7O/c1-2-3-13-24-28-27(25(35)21-9-5-4-6-10-21)31-34(24)18-19-14-16-20(17-15-19)22-11-7-8-12-23(22)26-29-32-33-30-26/h7-8,11-12,14-17,21H,2,4-6,9-10,18H2,1H3,(H,29,30,32,33). The van der Waals surface area contributed by atoms with Crippen LogP contribution in [0.3, 0.4) is 0 Å². The molecule has 1 aliphatic carbocycles. The van der Waals surface area contributed by atoms with Crippen LogP contribution >= 0.6 is 0 Å². The number of benzene rings is 2. The normalized spacial score (nSPS) is 13.9. The lowest BCUT2D eigenvalue weighted by Gasteiger charge is -2.18. The van der Waals surface area contributed by atoms with Gasteiger partial charge in [0.25, 0.3) is 0 Å².